The van der Waals surface area contributed by atoms with E-state index in [9.17, 15) is 4.79 Å². The predicted octanol–water partition coefficient (Wildman–Crippen LogP) is 0.980. The molecule has 0 spiro atoms. The number of hydrogen-bond donors (Lipinski definition) is 2. The maximum atomic E-state index is 11.7. The molecule has 5 nitrogen and oxygen atoms in total. The molecule has 3 N–H and O–H groups in total. The SMILES string of the molecule is NCc1cccc(NC(=O)Cn2ccnc2)c1. The van der Waals surface area contributed by atoms with E-state index >= 15 is 0 Å². The third-order valence-corrected chi connectivity index (χ3v) is 2.33. The van der Waals surface area contributed by atoms with E-state index in [0.717, 1.165) is 11.3 Å². The van der Waals surface area contributed by atoms with E-state index in [1.54, 1.807) is 23.3 Å². The Morgan fingerprint density at radius 2 is 2.35 bits per heavy atom. The highest BCUT2D eigenvalue weighted by Crippen LogP contribution is 2.10. The lowest BCUT2D eigenvalue weighted by Gasteiger charge is -2.06. The van der Waals surface area contributed by atoms with Crippen molar-refractivity contribution in [1.29, 1.82) is 0 Å². The van der Waals surface area contributed by atoms with Gasteiger partial charge in [-0.25, -0.2) is 4.98 Å². The first-order chi connectivity index (χ1) is 8.28. The maximum absolute atomic E-state index is 11.7. The van der Waals surface area contributed by atoms with Crippen LogP contribution >= 0.6 is 0 Å². The average molecular weight is 230 g/mol. The predicted molar refractivity (Wildman–Crippen MR) is 65.2 cm³/mol. The standard InChI is InChI=1S/C12H14N4O/c13-7-10-2-1-3-11(6-10)15-12(17)8-16-5-4-14-9-16/h1-6,9H,7-8,13H2,(H,15,17). The molecule has 0 unspecified atom stereocenters. The monoisotopic (exact) mass is 230 g/mol. The fraction of sp³-hybridized carbons (Fsp3) is 0.167. The number of nitrogens with one attached hydrogen (secondary N) is 1. The Labute approximate surface area is 99.3 Å². The van der Waals surface area contributed by atoms with Crippen LogP contribution in [0.15, 0.2) is 43.0 Å². The van der Waals surface area contributed by atoms with E-state index in [-0.39, 0.29) is 12.5 Å². The Kier molecular flexibility index (Phi) is 3.52. The van der Waals surface area contributed by atoms with Crippen LogP contribution in [0.3, 0.4) is 0 Å². The molecule has 0 radical (unpaired) electrons. The number of nitrogens with two attached hydrogens (primary N) is 1. The lowest BCUT2D eigenvalue weighted by molar-refractivity contribution is -0.116. The van der Waals surface area contributed by atoms with Gasteiger partial charge < -0.3 is 15.6 Å². The average Bonchev–Trinajstić information content (AvgIpc) is 2.82. The van der Waals surface area contributed by atoms with Crippen molar-refractivity contribution in [3.8, 4) is 0 Å². The molecule has 0 bridgehead atoms. The zero-order valence-electron chi connectivity index (χ0n) is 9.34. The van der Waals surface area contributed by atoms with Crippen molar-refractivity contribution in [2.45, 2.75) is 13.1 Å². The van der Waals surface area contributed by atoms with E-state index in [4.69, 9.17) is 5.73 Å². The molecule has 0 aliphatic heterocycles. The summed E-state index contributed by atoms with van der Waals surface area (Å²) in [5.41, 5.74) is 7.29. The Morgan fingerprint density at radius 3 is 3.06 bits per heavy atom. The lowest BCUT2D eigenvalue weighted by Crippen LogP contribution is -2.18. The van der Waals surface area contributed by atoms with Gasteiger partial charge in [0.25, 0.3) is 0 Å². The minimum absolute atomic E-state index is 0.0860. The number of hydrogen-bond acceptors (Lipinski definition) is 3. The molecule has 1 aromatic heterocycles. The first kappa shape index (κ1) is 11.3. The summed E-state index contributed by atoms with van der Waals surface area (Å²) >= 11 is 0. The number of anilines is 1. The van der Waals surface area contributed by atoms with Crippen LogP contribution in [0.1, 0.15) is 5.56 Å². The highest BCUT2D eigenvalue weighted by Gasteiger charge is 2.03. The largest absolute Gasteiger partial charge is 0.328 e. The fourth-order valence-electron chi connectivity index (χ4n) is 1.52. The number of benzene rings is 1. The second kappa shape index (κ2) is 5.27. The van der Waals surface area contributed by atoms with Crippen molar-refractivity contribution in [2.75, 3.05) is 5.32 Å². The van der Waals surface area contributed by atoms with Gasteiger partial charge >= 0.3 is 0 Å². The van der Waals surface area contributed by atoms with Gasteiger partial charge in [0.15, 0.2) is 0 Å². The number of amides is 1. The minimum atomic E-state index is -0.0860. The van der Waals surface area contributed by atoms with Crippen LogP contribution in [-0.2, 0) is 17.9 Å². The quantitative estimate of drug-likeness (QED) is 0.822. The van der Waals surface area contributed by atoms with Crippen LogP contribution in [0.4, 0.5) is 5.69 Å². The van der Waals surface area contributed by atoms with Crippen LogP contribution in [0.2, 0.25) is 0 Å². The maximum Gasteiger partial charge on any atom is 0.244 e. The second-order valence-corrected chi connectivity index (χ2v) is 3.69. The highest BCUT2D eigenvalue weighted by atomic mass is 16.1. The van der Waals surface area contributed by atoms with E-state index in [0.29, 0.717) is 6.54 Å². The summed E-state index contributed by atoms with van der Waals surface area (Å²) in [4.78, 5) is 15.6. The number of imidazole rings is 1. The first-order valence-electron chi connectivity index (χ1n) is 5.32. The van der Waals surface area contributed by atoms with Crippen molar-refractivity contribution in [1.82, 2.24) is 9.55 Å². The third kappa shape index (κ3) is 3.15. The summed E-state index contributed by atoms with van der Waals surface area (Å²) in [5.74, 6) is -0.0860. The van der Waals surface area contributed by atoms with Crippen LogP contribution < -0.4 is 11.1 Å². The number of aromatic nitrogens is 2. The summed E-state index contributed by atoms with van der Waals surface area (Å²) in [6.07, 6.45) is 4.99. The van der Waals surface area contributed by atoms with Gasteiger partial charge in [0.1, 0.15) is 6.54 Å². The van der Waals surface area contributed by atoms with Crippen LogP contribution in [0, 0.1) is 0 Å². The number of carbonyl (C=O) groups is 1. The Balaban J connectivity index is 1.98. The number of nitrogens with zero attached hydrogens (tertiary/aromatic N) is 2. The summed E-state index contributed by atoms with van der Waals surface area (Å²) in [7, 11) is 0. The molecule has 1 amide bonds. The normalized spacial score (nSPS) is 10.2. The molecule has 1 heterocycles. The van der Waals surface area contributed by atoms with E-state index in [1.807, 2.05) is 24.3 Å². The van der Waals surface area contributed by atoms with E-state index in [2.05, 4.69) is 10.3 Å². The summed E-state index contributed by atoms with van der Waals surface area (Å²) < 4.78 is 1.71. The lowest BCUT2D eigenvalue weighted by atomic mass is 10.2. The van der Waals surface area contributed by atoms with Crippen LogP contribution in [-0.4, -0.2) is 15.5 Å². The van der Waals surface area contributed by atoms with Gasteiger partial charge in [-0.2, -0.15) is 0 Å². The summed E-state index contributed by atoms with van der Waals surface area (Å²) in [6.45, 7) is 0.720. The smallest absolute Gasteiger partial charge is 0.244 e. The van der Waals surface area contributed by atoms with Crippen molar-refractivity contribution in [2.24, 2.45) is 5.73 Å². The molecule has 5 heteroatoms. The number of carbonyl (C=O) groups excluding carboxylic acids is 1. The van der Waals surface area contributed by atoms with Crippen molar-refractivity contribution < 1.29 is 4.79 Å². The van der Waals surface area contributed by atoms with Gasteiger partial charge in [0.2, 0.25) is 5.91 Å². The van der Waals surface area contributed by atoms with Gasteiger partial charge in [0.05, 0.1) is 6.33 Å². The zero-order chi connectivity index (χ0) is 12.1. The second-order valence-electron chi connectivity index (χ2n) is 3.69. The highest BCUT2D eigenvalue weighted by molar-refractivity contribution is 5.90. The van der Waals surface area contributed by atoms with Gasteiger partial charge in [-0.05, 0) is 17.7 Å². The molecule has 0 aliphatic rings. The topological polar surface area (TPSA) is 72.9 Å². The van der Waals surface area contributed by atoms with Crippen LogP contribution in [0.5, 0.6) is 0 Å². The molecule has 2 rings (SSSR count). The van der Waals surface area contributed by atoms with Gasteiger partial charge in [0, 0.05) is 24.6 Å². The summed E-state index contributed by atoms with van der Waals surface area (Å²) in [5, 5.41) is 2.81. The first-order valence-corrected chi connectivity index (χ1v) is 5.32. The van der Waals surface area contributed by atoms with Gasteiger partial charge in [-0.3, -0.25) is 4.79 Å². The molecule has 17 heavy (non-hydrogen) atoms. The number of rotatable bonds is 4. The molecule has 0 saturated carbocycles. The molecule has 0 atom stereocenters. The van der Waals surface area contributed by atoms with Gasteiger partial charge in [-0.15, -0.1) is 0 Å². The van der Waals surface area contributed by atoms with Gasteiger partial charge in [-0.1, -0.05) is 12.1 Å². The van der Waals surface area contributed by atoms with Crippen molar-refractivity contribution >= 4 is 11.6 Å². The Bertz CT molecular complexity index is 493. The third-order valence-electron chi connectivity index (χ3n) is 2.33. The fourth-order valence-corrected chi connectivity index (χ4v) is 1.52. The minimum Gasteiger partial charge on any atom is -0.328 e. The molecule has 0 fully saturated rings. The van der Waals surface area contributed by atoms with E-state index in [1.165, 1.54) is 0 Å². The molecular formula is C12H14N4O. The van der Waals surface area contributed by atoms with Crippen molar-refractivity contribution in [3.05, 3.63) is 48.5 Å². The van der Waals surface area contributed by atoms with Crippen molar-refractivity contribution in [3.63, 3.8) is 0 Å². The van der Waals surface area contributed by atoms with Crippen LogP contribution in [0.25, 0.3) is 0 Å². The molecule has 88 valence electrons. The summed E-state index contributed by atoms with van der Waals surface area (Å²) in [6, 6.07) is 7.50. The molecule has 1 aromatic carbocycles. The molecule has 2 aromatic rings. The van der Waals surface area contributed by atoms with E-state index < -0.39 is 0 Å². The Morgan fingerprint density at radius 1 is 1.47 bits per heavy atom. The Hall–Kier alpha value is -2.14. The molecular weight excluding hydrogens is 216 g/mol. The molecule has 0 saturated heterocycles. The molecule has 0 aliphatic carbocycles. The zero-order valence-corrected chi connectivity index (χ0v) is 9.34.